The Morgan fingerprint density at radius 1 is 1.14 bits per heavy atom. The molecule has 0 fully saturated rings. The molecule has 0 aliphatic carbocycles. The number of hydrogen-bond donors (Lipinski definition) is 1. The molecule has 0 aliphatic heterocycles. The summed E-state index contributed by atoms with van der Waals surface area (Å²) in [6, 6.07) is 7.53. The van der Waals surface area contributed by atoms with Crippen LogP contribution in [0.25, 0.3) is 0 Å². The first kappa shape index (κ1) is 19.7. The van der Waals surface area contributed by atoms with Crippen LogP contribution >= 0.6 is 12.4 Å². The van der Waals surface area contributed by atoms with E-state index in [1.807, 2.05) is 43.3 Å². The molecule has 0 saturated carbocycles. The van der Waals surface area contributed by atoms with Crippen molar-refractivity contribution in [2.24, 2.45) is 5.92 Å². The molecule has 5 heteroatoms. The standard InChI is InChI=1S/C16H27N3O.ClH/c1-13(2)12-19(10-9-18(3)4)16(20)11-14-5-7-15(17)8-6-14;/h5-8,13H,9-12,17H2,1-4H3;1H. The van der Waals surface area contributed by atoms with E-state index < -0.39 is 0 Å². The maximum atomic E-state index is 12.4. The summed E-state index contributed by atoms with van der Waals surface area (Å²) in [6.07, 6.45) is 0.445. The van der Waals surface area contributed by atoms with Gasteiger partial charge < -0.3 is 15.5 Å². The third-order valence-electron chi connectivity index (χ3n) is 3.09. The minimum Gasteiger partial charge on any atom is -0.399 e. The molecule has 1 rings (SSSR count). The van der Waals surface area contributed by atoms with Crippen molar-refractivity contribution >= 4 is 24.0 Å². The summed E-state index contributed by atoms with van der Waals surface area (Å²) in [6.45, 7) is 6.75. The Morgan fingerprint density at radius 3 is 2.19 bits per heavy atom. The molecule has 4 nitrogen and oxygen atoms in total. The number of benzene rings is 1. The number of carbonyl (C=O) groups is 1. The highest BCUT2D eigenvalue weighted by Crippen LogP contribution is 2.09. The van der Waals surface area contributed by atoms with Crippen molar-refractivity contribution in [3.63, 3.8) is 0 Å². The number of nitrogen functional groups attached to an aromatic ring is 1. The maximum Gasteiger partial charge on any atom is 0.227 e. The summed E-state index contributed by atoms with van der Waals surface area (Å²) < 4.78 is 0. The van der Waals surface area contributed by atoms with Crippen molar-refractivity contribution in [2.45, 2.75) is 20.3 Å². The Bertz CT molecular complexity index is 418. The summed E-state index contributed by atoms with van der Waals surface area (Å²) in [5, 5.41) is 0. The average Bonchev–Trinajstić information content (AvgIpc) is 2.36. The molecule has 0 spiro atoms. The summed E-state index contributed by atoms with van der Waals surface area (Å²) in [5.41, 5.74) is 7.41. The van der Waals surface area contributed by atoms with Gasteiger partial charge >= 0.3 is 0 Å². The van der Waals surface area contributed by atoms with Crippen molar-refractivity contribution in [1.82, 2.24) is 9.80 Å². The quantitative estimate of drug-likeness (QED) is 0.786. The van der Waals surface area contributed by atoms with Gasteiger partial charge in [-0.15, -0.1) is 12.4 Å². The molecule has 120 valence electrons. The lowest BCUT2D eigenvalue weighted by molar-refractivity contribution is -0.131. The first-order valence-electron chi connectivity index (χ1n) is 7.15. The van der Waals surface area contributed by atoms with Gasteiger partial charge in [0.2, 0.25) is 5.91 Å². The molecule has 0 aromatic heterocycles. The lowest BCUT2D eigenvalue weighted by Crippen LogP contribution is -2.39. The fourth-order valence-electron chi connectivity index (χ4n) is 2.00. The first-order chi connectivity index (χ1) is 9.38. The zero-order chi connectivity index (χ0) is 15.1. The number of nitrogens with two attached hydrogens (primary N) is 1. The molecule has 0 radical (unpaired) electrons. The lowest BCUT2D eigenvalue weighted by Gasteiger charge is -2.26. The molecule has 1 aromatic carbocycles. The van der Waals surface area contributed by atoms with Gasteiger partial charge in [0.1, 0.15) is 0 Å². The predicted molar refractivity (Wildman–Crippen MR) is 91.8 cm³/mol. The number of hydrogen-bond acceptors (Lipinski definition) is 3. The molecular weight excluding hydrogens is 286 g/mol. The van der Waals surface area contributed by atoms with Gasteiger partial charge in [0.05, 0.1) is 6.42 Å². The van der Waals surface area contributed by atoms with E-state index in [1.165, 1.54) is 0 Å². The van der Waals surface area contributed by atoms with Crippen LogP contribution in [0.5, 0.6) is 0 Å². The SMILES string of the molecule is CC(C)CN(CCN(C)C)C(=O)Cc1ccc(N)cc1.Cl. The number of anilines is 1. The van der Waals surface area contributed by atoms with Gasteiger partial charge in [-0.05, 0) is 37.7 Å². The third kappa shape index (κ3) is 7.93. The monoisotopic (exact) mass is 313 g/mol. The molecule has 21 heavy (non-hydrogen) atoms. The Balaban J connectivity index is 0.00000400. The predicted octanol–water partition coefficient (Wildman–Crippen LogP) is 2.28. The third-order valence-corrected chi connectivity index (χ3v) is 3.09. The van der Waals surface area contributed by atoms with Crippen LogP contribution in [0.2, 0.25) is 0 Å². The number of carbonyl (C=O) groups excluding carboxylic acids is 1. The number of likely N-dealkylation sites (N-methyl/N-ethyl adjacent to an activating group) is 1. The largest absolute Gasteiger partial charge is 0.399 e. The summed E-state index contributed by atoms with van der Waals surface area (Å²) in [5.74, 6) is 0.665. The smallest absolute Gasteiger partial charge is 0.227 e. The highest BCUT2D eigenvalue weighted by molar-refractivity contribution is 5.85. The van der Waals surface area contributed by atoms with Gasteiger partial charge in [0.15, 0.2) is 0 Å². The van der Waals surface area contributed by atoms with E-state index in [-0.39, 0.29) is 18.3 Å². The first-order valence-corrected chi connectivity index (χ1v) is 7.15. The Morgan fingerprint density at radius 2 is 1.71 bits per heavy atom. The summed E-state index contributed by atoms with van der Waals surface area (Å²) >= 11 is 0. The molecule has 0 bridgehead atoms. The average molecular weight is 314 g/mol. The van der Waals surface area contributed by atoms with Crippen molar-refractivity contribution in [2.75, 3.05) is 39.5 Å². The normalized spacial score (nSPS) is 10.6. The van der Waals surface area contributed by atoms with Crippen LogP contribution < -0.4 is 5.73 Å². The highest BCUT2D eigenvalue weighted by atomic mass is 35.5. The van der Waals surface area contributed by atoms with Gasteiger partial charge in [0.25, 0.3) is 0 Å². The van der Waals surface area contributed by atoms with Crippen LogP contribution in [0.4, 0.5) is 5.69 Å². The van der Waals surface area contributed by atoms with Crippen molar-refractivity contribution in [1.29, 1.82) is 0 Å². The molecule has 0 atom stereocenters. The van der Waals surface area contributed by atoms with Gasteiger partial charge in [-0.2, -0.15) is 0 Å². The van der Waals surface area contributed by atoms with E-state index in [0.717, 1.165) is 30.9 Å². The van der Waals surface area contributed by atoms with Gasteiger partial charge in [0, 0.05) is 25.3 Å². The molecule has 1 aromatic rings. The van der Waals surface area contributed by atoms with E-state index in [2.05, 4.69) is 18.7 Å². The number of amides is 1. The minimum atomic E-state index is 0. The van der Waals surface area contributed by atoms with Crippen LogP contribution in [-0.4, -0.2) is 49.4 Å². The van der Waals surface area contributed by atoms with Crippen LogP contribution in [-0.2, 0) is 11.2 Å². The second kappa shape index (κ2) is 9.64. The fraction of sp³-hybridized carbons (Fsp3) is 0.562. The number of nitrogens with zero attached hydrogens (tertiary/aromatic N) is 2. The van der Waals surface area contributed by atoms with E-state index in [9.17, 15) is 4.79 Å². The molecule has 1 amide bonds. The number of halogens is 1. The van der Waals surface area contributed by atoms with Gasteiger partial charge in [-0.25, -0.2) is 0 Å². The van der Waals surface area contributed by atoms with Crippen LogP contribution in [0.3, 0.4) is 0 Å². The zero-order valence-electron chi connectivity index (χ0n) is 13.5. The van der Waals surface area contributed by atoms with Crippen molar-refractivity contribution in [3.05, 3.63) is 29.8 Å². The molecule has 0 unspecified atom stereocenters. The minimum absolute atomic E-state index is 0. The van der Waals surface area contributed by atoms with Crippen molar-refractivity contribution < 1.29 is 4.79 Å². The molecule has 0 heterocycles. The fourth-order valence-corrected chi connectivity index (χ4v) is 2.00. The molecule has 0 saturated heterocycles. The van der Waals surface area contributed by atoms with Crippen molar-refractivity contribution in [3.8, 4) is 0 Å². The summed E-state index contributed by atoms with van der Waals surface area (Å²) in [7, 11) is 4.05. The summed E-state index contributed by atoms with van der Waals surface area (Å²) in [4.78, 5) is 16.5. The van der Waals surface area contributed by atoms with Crippen LogP contribution in [0, 0.1) is 5.92 Å². The van der Waals surface area contributed by atoms with E-state index >= 15 is 0 Å². The molecule has 2 N–H and O–H groups in total. The van der Waals surface area contributed by atoms with E-state index in [4.69, 9.17) is 5.73 Å². The Hall–Kier alpha value is -1.26. The number of rotatable bonds is 7. The molecule has 0 aliphatic rings. The highest BCUT2D eigenvalue weighted by Gasteiger charge is 2.15. The zero-order valence-corrected chi connectivity index (χ0v) is 14.3. The Kier molecular flexibility index (Phi) is 9.06. The second-order valence-corrected chi connectivity index (χ2v) is 5.96. The topological polar surface area (TPSA) is 49.6 Å². The second-order valence-electron chi connectivity index (χ2n) is 5.96. The molecular formula is C16H28ClN3O. The van der Waals surface area contributed by atoms with Gasteiger partial charge in [-0.1, -0.05) is 26.0 Å². The Labute approximate surface area is 134 Å². The van der Waals surface area contributed by atoms with E-state index in [0.29, 0.717) is 12.3 Å². The van der Waals surface area contributed by atoms with E-state index in [1.54, 1.807) is 0 Å². The van der Waals surface area contributed by atoms with Gasteiger partial charge in [-0.3, -0.25) is 4.79 Å². The lowest BCUT2D eigenvalue weighted by atomic mass is 10.1. The maximum absolute atomic E-state index is 12.4. The van der Waals surface area contributed by atoms with Crippen LogP contribution in [0.1, 0.15) is 19.4 Å². The van der Waals surface area contributed by atoms with Crippen LogP contribution in [0.15, 0.2) is 24.3 Å².